The fourth-order valence-corrected chi connectivity index (χ4v) is 1.53. The van der Waals surface area contributed by atoms with Crippen molar-refractivity contribution in [2.24, 2.45) is 5.73 Å². The molecule has 0 saturated heterocycles. The van der Waals surface area contributed by atoms with Gasteiger partial charge in [0.15, 0.2) is 0 Å². The topological polar surface area (TPSA) is 41.8 Å². The van der Waals surface area contributed by atoms with Gasteiger partial charge in [-0.25, -0.2) is 0 Å². The molecule has 2 nitrogen and oxygen atoms in total. The van der Waals surface area contributed by atoms with Gasteiger partial charge >= 0.3 is 0 Å². The van der Waals surface area contributed by atoms with Crippen LogP contribution < -0.4 is 5.73 Å². The van der Waals surface area contributed by atoms with Gasteiger partial charge in [0, 0.05) is 17.8 Å². The van der Waals surface area contributed by atoms with Crippen molar-refractivity contribution in [3.8, 4) is 0 Å². The molecule has 1 aromatic carbocycles. The zero-order chi connectivity index (χ0) is 9.26. The summed E-state index contributed by atoms with van der Waals surface area (Å²) in [6, 6.07) is 8.56. The van der Waals surface area contributed by atoms with Crippen molar-refractivity contribution in [1.29, 1.82) is 0 Å². The molecule has 0 saturated carbocycles. The highest BCUT2D eigenvalue weighted by Gasteiger charge is 2.03. The maximum Gasteiger partial charge on any atom is 0.0457 e. The standard InChI is InChI=1S/C11H14N2/c1-2-10(12)9-4-3-8-5-6-13-11(8)7-9/h3-7,10,13H,2,12H2,1H3/t10-/m0/s1. The van der Waals surface area contributed by atoms with Gasteiger partial charge in [0.05, 0.1) is 0 Å². The molecule has 0 aliphatic rings. The number of nitrogens with two attached hydrogens (primary N) is 1. The van der Waals surface area contributed by atoms with Gasteiger partial charge in [0.2, 0.25) is 0 Å². The lowest BCUT2D eigenvalue weighted by molar-refractivity contribution is 0.699. The molecule has 2 aromatic rings. The predicted molar refractivity (Wildman–Crippen MR) is 55.5 cm³/mol. The number of fused-ring (bicyclic) bond motifs is 1. The van der Waals surface area contributed by atoms with Gasteiger partial charge in [0.1, 0.15) is 0 Å². The molecule has 2 rings (SSSR count). The minimum atomic E-state index is 0.160. The fourth-order valence-electron chi connectivity index (χ4n) is 1.53. The second kappa shape index (κ2) is 3.23. The highest BCUT2D eigenvalue weighted by molar-refractivity contribution is 5.79. The molecule has 0 aliphatic carbocycles. The number of nitrogens with one attached hydrogen (secondary N) is 1. The molecule has 2 heteroatoms. The molecule has 0 unspecified atom stereocenters. The maximum absolute atomic E-state index is 5.94. The Morgan fingerprint density at radius 1 is 1.38 bits per heavy atom. The average Bonchev–Trinajstić information content (AvgIpc) is 2.63. The van der Waals surface area contributed by atoms with E-state index in [9.17, 15) is 0 Å². The van der Waals surface area contributed by atoms with E-state index in [-0.39, 0.29) is 6.04 Å². The third-order valence-electron chi connectivity index (χ3n) is 2.45. The minimum absolute atomic E-state index is 0.160. The molecule has 1 atom stereocenters. The molecule has 68 valence electrons. The Bertz CT molecular complexity index is 403. The van der Waals surface area contributed by atoms with Gasteiger partial charge < -0.3 is 10.7 Å². The Balaban J connectivity index is 2.48. The van der Waals surface area contributed by atoms with Crippen LogP contribution in [0.25, 0.3) is 10.9 Å². The van der Waals surface area contributed by atoms with Crippen molar-refractivity contribution in [2.45, 2.75) is 19.4 Å². The molecule has 0 aliphatic heterocycles. The van der Waals surface area contributed by atoms with Crippen LogP contribution in [-0.4, -0.2) is 4.98 Å². The Morgan fingerprint density at radius 2 is 2.23 bits per heavy atom. The molecule has 0 spiro atoms. The van der Waals surface area contributed by atoms with Crippen molar-refractivity contribution in [3.63, 3.8) is 0 Å². The number of benzene rings is 1. The quantitative estimate of drug-likeness (QED) is 0.722. The highest BCUT2D eigenvalue weighted by atomic mass is 14.7. The monoisotopic (exact) mass is 174 g/mol. The van der Waals surface area contributed by atoms with Gasteiger partial charge in [0.25, 0.3) is 0 Å². The second-order valence-electron chi connectivity index (χ2n) is 3.34. The lowest BCUT2D eigenvalue weighted by Crippen LogP contribution is -2.08. The first-order valence-corrected chi connectivity index (χ1v) is 4.64. The molecule has 0 radical (unpaired) electrons. The number of hydrogen-bond acceptors (Lipinski definition) is 1. The highest BCUT2D eigenvalue weighted by Crippen LogP contribution is 2.19. The van der Waals surface area contributed by atoms with Gasteiger partial charge in [-0.05, 0) is 29.5 Å². The Morgan fingerprint density at radius 3 is 3.00 bits per heavy atom. The molecule has 1 heterocycles. The van der Waals surface area contributed by atoms with Crippen molar-refractivity contribution >= 4 is 10.9 Å². The first-order valence-electron chi connectivity index (χ1n) is 4.64. The summed E-state index contributed by atoms with van der Waals surface area (Å²) in [5.74, 6) is 0. The summed E-state index contributed by atoms with van der Waals surface area (Å²) in [6.07, 6.45) is 2.93. The van der Waals surface area contributed by atoms with E-state index in [1.807, 2.05) is 6.20 Å². The largest absolute Gasteiger partial charge is 0.361 e. The van der Waals surface area contributed by atoms with Crippen LogP contribution in [0.15, 0.2) is 30.5 Å². The average molecular weight is 174 g/mol. The van der Waals surface area contributed by atoms with Crippen LogP contribution in [0.2, 0.25) is 0 Å². The summed E-state index contributed by atoms with van der Waals surface area (Å²) >= 11 is 0. The Labute approximate surface area is 77.8 Å². The smallest absolute Gasteiger partial charge is 0.0457 e. The summed E-state index contributed by atoms with van der Waals surface area (Å²) in [5.41, 5.74) is 8.31. The Kier molecular flexibility index (Phi) is 2.07. The van der Waals surface area contributed by atoms with E-state index >= 15 is 0 Å². The molecular weight excluding hydrogens is 160 g/mol. The lowest BCUT2D eigenvalue weighted by atomic mass is 10.0. The summed E-state index contributed by atoms with van der Waals surface area (Å²) in [6.45, 7) is 2.10. The van der Waals surface area contributed by atoms with E-state index < -0.39 is 0 Å². The summed E-state index contributed by atoms with van der Waals surface area (Å²) in [5, 5.41) is 1.24. The van der Waals surface area contributed by atoms with E-state index in [1.165, 1.54) is 16.5 Å². The van der Waals surface area contributed by atoms with E-state index in [0.29, 0.717) is 0 Å². The van der Waals surface area contributed by atoms with Crippen LogP contribution in [0.4, 0.5) is 0 Å². The van der Waals surface area contributed by atoms with Gasteiger partial charge in [-0.2, -0.15) is 0 Å². The van der Waals surface area contributed by atoms with E-state index in [2.05, 4.69) is 36.2 Å². The predicted octanol–water partition coefficient (Wildman–Crippen LogP) is 2.58. The number of aromatic nitrogens is 1. The molecular formula is C11H14N2. The van der Waals surface area contributed by atoms with Crippen molar-refractivity contribution in [1.82, 2.24) is 4.98 Å². The van der Waals surface area contributed by atoms with Crippen LogP contribution in [-0.2, 0) is 0 Å². The summed E-state index contributed by atoms with van der Waals surface area (Å²) in [7, 11) is 0. The van der Waals surface area contributed by atoms with Crippen LogP contribution in [0, 0.1) is 0 Å². The summed E-state index contributed by atoms with van der Waals surface area (Å²) < 4.78 is 0. The van der Waals surface area contributed by atoms with Crippen molar-refractivity contribution in [3.05, 3.63) is 36.0 Å². The molecule has 1 aromatic heterocycles. The minimum Gasteiger partial charge on any atom is -0.361 e. The molecule has 13 heavy (non-hydrogen) atoms. The second-order valence-corrected chi connectivity index (χ2v) is 3.34. The number of hydrogen-bond donors (Lipinski definition) is 2. The SMILES string of the molecule is CC[C@H](N)c1ccc2cc[nH]c2c1. The zero-order valence-corrected chi connectivity index (χ0v) is 7.75. The first kappa shape index (κ1) is 8.32. The number of rotatable bonds is 2. The van der Waals surface area contributed by atoms with Crippen LogP contribution in [0.3, 0.4) is 0 Å². The molecule has 3 N–H and O–H groups in total. The third-order valence-corrected chi connectivity index (χ3v) is 2.45. The molecule has 0 fully saturated rings. The third kappa shape index (κ3) is 1.45. The fraction of sp³-hybridized carbons (Fsp3) is 0.273. The normalized spacial score (nSPS) is 13.4. The molecule has 0 amide bonds. The lowest BCUT2D eigenvalue weighted by Gasteiger charge is -2.08. The summed E-state index contributed by atoms with van der Waals surface area (Å²) in [4.78, 5) is 3.18. The van der Waals surface area contributed by atoms with E-state index in [1.54, 1.807) is 0 Å². The van der Waals surface area contributed by atoms with Gasteiger partial charge in [-0.3, -0.25) is 0 Å². The van der Waals surface area contributed by atoms with Crippen LogP contribution >= 0.6 is 0 Å². The van der Waals surface area contributed by atoms with Crippen molar-refractivity contribution in [2.75, 3.05) is 0 Å². The van der Waals surface area contributed by atoms with Crippen LogP contribution in [0.1, 0.15) is 24.9 Å². The van der Waals surface area contributed by atoms with E-state index in [4.69, 9.17) is 5.73 Å². The molecule has 0 bridgehead atoms. The van der Waals surface area contributed by atoms with Gasteiger partial charge in [-0.1, -0.05) is 19.1 Å². The van der Waals surface area contributed by atoms with Crippen molar-refractivity contribution < 1.29 is 0 Å². The van der Waals surface area contributed by atoms with Crippen LogP contribution in [0.5, 0.6) is 0 Å². The zero-order valence-electron chi connectivity index (χ0n) is 7.75. The number of aromatic amines is 1. The van der Waals surface area contributed by atoms with Gasteiger partial charge in [-0.15, -0.1) is 0 Å². The Hall–Kier alpha value is -1.28. The maximum atomic E-state index is 5.94. The number of H-pyrrole nitrogens is 1. The first-order chi connectivity index (χ1) is 6.31. The van der Waals surface area contributed by atoms with E-state index in [0.717, 1.165) is 6.42 Å².